The van der Waals surface area contributed by atoms with E-state index in [9.17, 15) is 8.42 Å². The van der Waals surface area contributed by atoms with Gasteiger partial charge in [-0.2, -0.15) is 0 Å². The first-order valence-corrected chi connectivity index (χ1v) is 9.25. The molecule has 124 valence electrons. The molecule has 0 saturated heterocycles. The highest BCUT2D eigenvalue weighted by molar-refractivity contribution is 9.10. The number of hydrogen-bond donors (Lipinski definition) is 1. The van der Waals surface area contributed by atoms with Crippen molar-refractivity contribution >= 4 is 26.0 Å². The Morgan fingerprint density at radius 3 is 2.48 bits per heavy atom. The largest absolute Gasteiger partial charge is 0.496 e. The lowest BCUT2D eigenvalue weighted by Gasteiger charge is -2.16. The molecular formula is C16H18BrNO4S. The lowest BCUT2D eigenvalue weighted by atomic mass is 10.3. The van der Waals surface area contributed by atoms with Gasteiger partial charge in [0.2, 0.25) is 10.0 Å². The van der Waals surface area contributed by atoms with Gasteiger partial charge in [0.05, 0.1) is 16.5 Å². The molecule has 1 unspecified atom stereocenters. The molecule has 2 aromatic carbocycles. The fraction of sp³-hybridized carbons (Fsp3) is 0.250. The van der Waals surface area contributed by atoms with Crippen LogP contribution in [0.3, 0.4) is 0 Å². The van der Waals surface area contributed by atoms with Crippen LogP contribution in [0.1, 0.15) is 6.92 Å². The van der Waals surface area contributed by atoms with Gasteiger partial charge in [-0.1, -0.05) is 18.2 Å². The average molecular weight is 400 g/mol. The van der Waals surface area contributed by atoms with Crippen LogP contribution in [0.2, 0.25) is 0 Å². The zero-order valence-electron chi connectivity index (χ0n) is 12.8. The molecule has 23 heavy (non-hydrogen) atoms. The molecule has 0 aromatic heterocycles. The summed E-state index contributed by atoms with van der Waals surface area (Å²) < 4.78 is 38.5. The molecule has 0 saturated carbocycles. The van der Waals surface area contributed by atoms with Crippen molar-refractivity contribution in [2.45, 2.75) is 17.9 Å². The molecule has 0 radical (unpaired) electrons. The maximum atomic E-state index is 12.3. The highest BCUT2D eigenvalue weighted by atomic mass is 79.9. The Labute approximate surface area is 144 Å². The minimum Gasteiger partial charge on any atom is -0.496 e. The SMILES string of the molecule is COc1ccc(S(=O)(=O)NCC(C)Oc2ccccc2)cc1Br. The van der Waals surface area contributed by atoms with Crippen LogP contribution in [-0.4, -0.2) is 28.2 Å². The van der Waals surface area contributed by atoms with E-state index in [1.54, 1.807) is 13.0 Å². The van der Waals surface area contributed by atoms with Crippen molar-refractivity contribution in [1.29, 1.82) is 0 Å². The van der Waals surface area contributed by atoms with E-state index in [0.717, 1.165) is 0 Å². The molecule has 0 aliphatic heterocycles. The van der Waals surface area contributed by atoms with Crippen LogP contribution in [0.5, 0.6) is 11.5 Å². The zero-order valence-corrected chi connectivity index (χ0v) is 15.2. The molecule has 1 N–H and O–H groups in total. The Morgan fingerprint density at radius 1 is 1.17 bits per heavy atom. The van der Waals surface area contributed by atoms with Gasteiger partial charge in [0, 0.05) is 6.54 Å². The molecule has 2 aromatic rings. The fourth-order valence-electron chi connectivity index (χ4n) is 1.90. The lowest BCUT2D eigenvalue weighted by Crippen LogP contribution is -2.33. The second kappa shape index (κ2) is 7.81. The first kappa shape index (κ1) is 17.8. The second-order valence-electron chi connectivity index (χ2n) is 4.89. The van der Waals surface area contributed by atoms with Crippen molar-refractivity contribution in [2.75, 3.05) is 13.7 Å². The van der Waals surface area contributed by atoms with E-state index in [1.165, 1.54) is 19.2 Å². The summed E-state index contributed by atoms with van der Waals surface area (Å²) in [5.74, 6) is 1.27. The van der Waals surface area contributed by atoms with Gasteiger partial charge in [-0.05, 0) is 53.2 Å². The number of benzene rings is 2. The van der Waals surface area contributed by atoms with Crippen LogP contribution >= 0.6 is 15.9 Å². The summed E-state index contributed by atoms with van der Waals surface area (Å²) in [5, 5.41) is 0. The zero-order chi connectivity index (χ0) is 16.9. The van der Waals surface area contributed by atoms with E-state index >= 15 is 0 Å². The third kappa shape index (κ3) is 4.95. The van der Waals surface area contributed by atoms with E-state index in [2.05, 4.69) is 20.7 Å². The van der Waals surface area contributed by atoms with Gasteiger partial charge in [-0.25, -0.2) is 13.1 Å². The van der Waals surface area contributed by atoms with Gasteiger partial charge in [-0.15, -0.1) is 0 Å². The smallest absolute Gasteiger partial charge is 0.240 e. The van der Waals surface area contributed by atoms with Crippen molar-refractivity contribution in [3.05, 3.63) is 53.0 Å². The van der Waals surface area contributed by atoms with Crippen molar-refractivity contribution < 1.29 is 17.9 Å². The molecule has 7 heteroatoms. The monoisotopic (exact) mass is 399 g/mol. The number of rotatable bonds is 7. The summed E-state index contributed by atoms with van der Waals surface area (Å²) >= 11 is 3.28. The van der Waals surface area contributed by atoms with Crippen molar-refractivity contribution in [3.63, 3.8) is 0 Å². The molecule has 0 bridgehead atoms. The Morgan fingerprint density at radius 2 is 1.87 bits per heavy atom. The van der Waals surface area contributed by atoms with Crippen LogP contribution in [0.4, 0.5) is 0 Å². The Balaban J connectivity index is 1.99. The predicted molar refractivity (Wildman–Crippen MR) is 92.4 cm³/mol. The van der Waals surface area contributed by atoms with Gasteiger partial charge in [-0.3, -0.25) is 0 Å². The second-order valence-corrected chi connectivity index (χ2v) is 7.51. The highest BCUT2D eigenvalue weighted by Crippen LogP contribution is 2.27. The fourth-order valence-corrected chi connectivity index (χ4v) is 3.73. The summed E-state index contributed by atoms with van der Waals surface area (Å²) in [6.07, 6.45) is -0.297. The molecule has 0 fully saturated rings. The number of sulfonamides is 1. The molecule has 0 amide bonds. The van der Waals surface area contributed by atoms with Crippen LogP contribution in [0.25, 0.3) is 0 Å². The van der Waals surface area contributed by atoms with Gasteiger partial charge in [0.1, 0.15) is 17.6 Å². The van der Waals surface area contributed by atoms with Crippen molar-refractivity contribution in [2.24, 2.45) is 0 Å². The van der Waals surface area contributed by atoms with Crippen LogP contribution in [0, 0.1) is 0 Å². The number of halogens is 1. The summed E-state index contributed by atoms with van der Waals surface area (Å²) in [5.41, 5.74) is 0. The number of hydrogen-bond acceptors (Lipinski definition) is 4. The molecule has 0 spiro atoms. The third-order valence-electron chi connectivity index (χ3n) is 3.07. The average Bonchev–Trinajstić information content (AvgIpc) is 2.54. The summed E-state index contributed by atoms with van der Waals surface area (Å²) in [6, 6.07) is 13.9. The molecule has 5 nitrogen and oxygen atoms in total. The van der Waals surface area contributed by atoms with Crippen molar-refractivity contribution in [3.8, 4) is 11.5 Å². The third-order valence-corrected chi connectivity index (χ3v) is 5.12. The van der Waals surface area contributed by atoms with Gasteiger partial charge in [0.25, 0.3) is 0 Å². The van der Waals surface area contributed by atoms with Crippen LogP contribution in [-0.2, 0) is 10.0 Å². The highest BCUT2D eigenvalue weighted by Gasteiger charge is 2.17. The van der Waals surface area contributed by atoms with Crippen LogP contribution < -0.4 is 14.2 Å². The van der Waals surface area contributed by atoms with Gasteiger partial charge >= 0.3 is 0 Å². The normalized spacial score (nSPS) is 12.7. The maximum absolute atomic E-state index is 12.3. The lowest BCUT2D eigenvalue weighted by molar-refractivity contribution is 0.225. The summed E-state index contributed by atoms with van der Waals surface area (Å²) in [4.78, 5) is 0.164. The predicted octanol–water partition coefficient (Wildman–Crippen LogP) is 3.20. The number of methoxy groups -OCH3 is 1. The molecule has 0 aliphatic carbocycles. The van der Waals surface area contributed by atoms with E-state index in [1.807, 2.05) is 30.3 Å². The first-order chi connectivity index (χ1) is 10.9. The Bertz CT molecular complexity index is 750. The van der Waals surface area contributed by atoms with E-state index < -0.39 is 10.0 Å². The van der Waals surface area contributed by atoms with Crippen LogP contribution in [0.15, 0.2) is 57.9 Å². The van der Waals surface area contributed by atoms with Gasteiger partial charge in [0.15, 0.2) is 0 Å². The van der Waals surface area contributed by atoms with Gasteiger partial charge < -0.3 is 9.47 Å². The Kier molecular flexibility index (Phi) is 6.04. The van der Waals surface area contributed by atoms with Crippen molar-refractivity contribution in [1.82, 2.24) is 4.72 Å². The molecule has 0 heterocycles. The molecule has 2 rings (SSSR count). The Hall–Kier alpha value is -1.57. The molecule has 0 aliphatic rings. The minimum atomic E-state index is -3.61. The minimum absolute atomic E-state index is 0.164. The summed E-state index contributed by atoms with van der Waals surface area (Å²) in [6.45, 7) is 1.97. The number of para-hydroxylation sites is 1. The topological polar surface area (TPSA) is 64.6 Å². The van der Waals surface area contributed by atoms with E-state index in [0.29, 0.717) is 16.0 Å². The van der Waals surface area contributed by atoms with E-state index in [-0.39, 0.29) is 17.5 Å². The molecule has 1 atom stereocenters. The first-order valence-electron chi connectivity index (χ1n) is 6.97. The summed E-state index contributed by atoms with van der Waals surface area (Å²) in [7, 11) is -2.09. The molecular weight excluding hydrogens is 382 g/mol. The number of ether oxygens (including phenoxy) is 2. The maximum Gasteiger partial charge on any atom is 0.240 e. The van der Waals surface area contributed by atoms with E-state index in [4.69, 9.17) is 9.47 Å². The number of nitrogens with one attached hydrogen (secondary N) is 1. The standard InChI is InChI=1S/C16H18BrNO4S/c1-12(22-13-6-4-3-5-7-13)11-18-23(19,20)14-8-9-16(21-2)15(17)10-14/h3-10,12,18H,11H2,1-2H3. The quantitative estimate of drug-likeness (QED) is 0.776.